The maximum atomic E-state index is 13.6. The number of thioether (sulfide) groups is 1. The van der Waals surface area contributed by atoms with E-state index in [1.54, 1.807) is 4.90 Å². The zero-order valence-electron chi connectivity index (χ0n) is 20.2. The first-order chi connectivity index (χ1) is 17.3. The molecule has 36 heavy (non-hydrogen) atoms. The van der Waals surface area contributed by atoms with Crippen molar-refractivity contribution in [1.29, 1.82) is 0 Å². The van der Waals surface area contributed by atoms with E-state index in [0.717, 1.165) is 16.7 Å². The van der Waals surface area contributed by atoms with Crippen molar-refractivity contribution >= 4 is 29.5 Å². The second-order valence-corrected chi connectivity index (χ2v) is 11.4. The molecule has 3 atom stereocenters. The van der Waals surface area contributed by atoms with Gasteiger partial charge in [-0.25, -0.2) is 4.79 Å². The van der Waals surface area contributed by atoms with E-state index in [1.807, 2.05) is 105 Å². The molecule has 3 aromatic carbocycles. The van der Waals surface area contributed by atoms with E-state index in [4.69, 9.17) is 4.74 Å². The van der Waals surface area contributed by atoms with Gasteiger partial charge in [0.25, 0.3) is 0 Å². The molecular formula is C29H28N2O4S. The predicted molar refractivity (Wildman–Crippen MR) is 139 cm³/mol. The third kappa shape index (κ3) is 4.63. The third-order valence-electron chi connectivity index (χ3n) is 6.63. The monoisotopic (exact) mass is 500 g/mol. The van der Waals surface area contributed by atoms with Crippen molar-refractivity contribution in [3.63, 3.8) is 0 Å². The van der Waals surface area contributed by atoms with Crippen molar-refractivity contribution in [2.75, 3.05) is 0 Å². The molecule has 2 aliphatic heterocycles. The summed E-state index contributed by atoms with van der Waals surface area (Å²) in [5, 5.41) is 2.56. The number of rotatable bonds is 7. The first kappa shape index (κ1) is 24.1. The van der Waals surface area contributed by atoms with Crippen molar-refractivity contribution in [2.45, 2.75) is 48.6 Å². The number of hydrogen-bond acceptors (Lipinski definition) is 5. The second kappa shape index (κ2) is 9.82. The highest BCUT2D eigenvalue weighted by atomic mass is 32.2. The maximum absolute atomic E-state index is 13.6. The number of carbonyl (C=O) groups is 3. The fraction of sp³-hybridized carbons (Fsp3) is 0.276. The Balaban J connectivity index is 1.32. The van der Waals surface area contributed by atoms with Crippen LogP contribution in [0.2, 0.25) is 0 Å². The Morgan fingerprint density at radius 3 is 2.00 bits per heavy atom. The summed E-state index contributed by atoms with van der Waals surface area (Å²) in [5.74, 6) is -0.913. The minimum absolute atomic E-state index is 0.201. The SMILES string of the molecule is CC1(C)S[C@@H]2[C@@H](NC(=O)Cc3ccccc3)C(=O)N2[C@H]1C(=O)OC(c1ccccc1)c1ccccc1. The predicted octanol–water partition coefficient (Wildman–Crippen LogP) is 4.11. The van der Waals surface area contributed by atoms with E-state index in [0.29, 0.717) is 0 Å². The minimum atomic E-state index is -0.753. The topological polar surface area (TPSA) is 75.7 Å². The Bertz CT molecular complexity index is 1210. The number of carbonyl (C=O) groups excluding carboxylic acids is 3. The highest BCUT2D eigenvalue weighted by molar-refractivity contribution is 8.01. The highest BCUT2D eigenvalue weighted by Crippen LogP contribution is 2.51. The number of hydrogen-bond donors (Lipinski definition) is 1. The molecule has 0 saturated carbocycles. The number of nitrogens with zero attached hydrogens (tertiary/aromatic N) is 1. The normalized spacial score (nSPS) is 22.0. The molecule has 2 amide bonds. The fourth-order valence-corrected chi connectivity index (χ4v) is 6.52. The van der Waals surface area contributed by atoms with Crippen LogP contribution in [0.25, 0.3) is 0 Å². The average molecular weight is 501 g/mol. The molecule has 3 aromatic rings. The van der Waals surface area contributed by atoms with Crippen LogP contribution in [0, 0.1) is 0 Å². The number of benzene rings is 3. The fourth-order valence-electron chi connectivity index (χ4n) is 4.90. The summed E-state index contributed by atoms with van der Waals surface area (Å²) < 4.78 is 5.53. The summed E-state index contributed by atoms with van der Waals surface area (Å²) >= 11 is 1.52. The molecule has 0 aromatic heterocycles. The molecule has 2 fully saturated rings. The van der Waals surface area contributed by atoms with Gasteiger partial charge in [-0.1, -0.05) is 91.0 Å². The molecular weight excluding hydrogens is 472 g/mol. The van der Waals surface area contributed by atoms with Gasteiger partial charge in [-0.05, 0) is 30.5 Å². The van der Waals surface area contributed by atoms with Gasteiger partial charge in [0.2, 0.25) is 11.8 Å². The van der Waals surface area contributed by atoms with Crippen LogP contribution in [0.4, 0.5) is 0 Å². The van der Waals surface area contributed by atoms with Gasteiger partial charge in [0.1, 0.15) is 17.5 Å². The summed E-state index contributed by atoms with van der Waals surface area (Å²) in [6.45, 7) is 3.89. The zero-order chi connectivity index (χ0) is 25.3. The van der Waals surface area contributed by atoms with Gasteiger partial charge in [0.05, 0.1) is 6.42 Å². The molecule has 5 rings (SSSR count). The van der Waals surface area contributed by atoms with Gasteiger partial charge in [-0.15, -0.1) is 11.8 Å². The summed E-state index contributed by atoms with van der Waals surface area (Å²) in [6, 6.07) is 27.2. The van der Waals surface area contributed by atoms with Crippen LogP contribution in [-0.2, 0) is 25.5 Å². The molecule has 0 spiro atoms. The van der Waals surface area contributed by atoms with Crippen LogP contribution in [0.15, 0.2) is 91.0 Å². The Kier molecular flexibility index (Phi) is 6.58. The van der Waals surface area contributed by atoms with E-state index in [-0.39, 0.29) is 23.6 Å². The van der Waals surface area contributed by atoms with E-state index in [9.17, 15) is 14.4 Å². The number of β-lactam (4-membered cyclic amide) rings is 1. The molecule has 6 nitrogen and oxygen atoms in total. The maximum Gasteiger partial charge on any atom is 0.331 e. The van der Waals surface area contributed by atoms with Crippen molar-refractivity contribution in [3.05, 3.63) is 108 Å². The lowest BCUT2D eigenvalue weighted by molar-refractivity contribution is -0.166. The number of fused-ring (bicyclic) bond motifs is 1. The van der Waals surface area contributed by atoms with Crippen LogP contribution in [0.3, 0.4) is 0 Å². The van der Waals surface area contributed by atoms with Crippen molar-refractivity contribution in [1.82, 2.24) is 10.2 Å². The number of nitrogens with one attached hydrogen (secondary N) is 1. The Labute approximate surface area is 215 Å². The van der Waals surface area contributed by atoms with Gasteiger partial charge in [0.15, 0.2) is 6.10 Å². The first-order valence-electron chi connectivity index (χ1n) is 12.0. The molecule has 0 unspecified atom stereocenters. The standard InChI is InChI=1S/C29H28N2O4S/c1-29(2)25(28(34)35-24(20-14-8-4-9-15-20)21-16-10-5-11-17-21)31-26(33)23(27(31)36-29)30-22(32)18-19-12-6-3-7-13-19/h3-17,23-25,27H,18H2,1-2H3,(H,30,32)/t23-,25-,27+/m0/s1. The largest absolute Gasteiger partial charge is 0.451 e. The van der Waals surface area contributed by atoms with Crippen LogP contribution in [0.1, 0.15) is 36.6 Å². The summed E-state index contributed by atoms with van der Waals surface area (Å²) in [6.07, 6.45) is -0.385. The quantitative estimate of drug-likeness (QED) is 0.390. The van der Waals surface area contributed by atoms with Crippen LogP contribution >= 0.6 is 11.8 Å². The minimum Gasteiger partial charge on any atom is -0.451 e. The molecule has 0 aliphatic carbocycles. The number of amides is 2. The van der Waals surface area contributed by atoms with Crippen LogP contribution in [-0.4, -0.2) is 44.9 Å². The molecule has 1 N–H and O–H groups in total. The van der Waals surface area contributed by atoms with E-state index in [1.165, 1.54) is 11.8 Å². The molecule has 2 saturated heterocycles. The lowest BCUT2D eigenvalue weighted by Crippen LogP contribution is -2.70. The molecule has 2 aliphatic rings. The Morgan fingerprint density at radius 1 is 0.917 bits per heavy atom. The third-order valence-corrected chi connectivity index (χ3v) is 8.20. The van der Waals surface area contributed by atoms with E-state index >= 15 is 0 Å². The highest BCUT2D eigenvalue weighted by Gasteiger charge is 2.64. The van der Waals surface area contributed by atoms with Gasteiger partial charge in [-0.2, -0.15) is 0 Å². The van der Waals surface area contributed by atoms with Gasteiger partial charge in [0, 0.05) is 4.75 Å². The van der Waals surface area contributed by atoms with E-state index < -0.39 is 28.9 Å². The zero-order valence-corrected chi connectivity index (χ0v) is 21.0. The van der Waals surface area contributed by atoms with Crippen LogP contribution < -0.4 is 5.32 Å². The number of ether oxygens (including phenoxy) is 1. The van der Waals surface area contributed by atoms with Crippen molar-refractivity contribution in [3.8, 4) is 0 Å². The molecule has 2 heterocycles. The van der Waals surface area contributed by atoms with Gasteiger partial charge >= 0.3 is 5.97 Å². The molecule has 0 radical (unpaired) electrons. The molecule has 184 valence electrons. The number of esters is 1. The second-order valence-electron chi connectivity index (χ2n) is 9.61. The molecule has 0 bridgehead atoms. The smallest absolute Gasteiger partial charge is 0.331 e. The molecule has 7 heteroatoms. The Morgan fingerprint density at radius 2 is 1.44 bits per heavy atom. The summed E-state index contributed by atoms with van der Waals surface area (Å²) in [4.78, 5) is 40.9. The Hall–Kier alpha value is -3.58. The summed E-state index contributed by atoms with van der Waals surface area (Å²) in [5.41, 5.74) is 2.60. The first-order valence-corrected chi connectivity index (χ1v) is 12.9. The van der Waals surface area contributed by atoms with Crippen molar-refractivity contribution < 1.29 is 19.1 Å². The van der Waals surface area contributed by atoms with Gasteiger partial charge < -0.3 is 15.0 Å². The van der Waals surface area contributed by atoms with Crippen LogP contribution in [0.5, 0.6) is 0 Å². The van der Waals surface area contributed by atoms with Gasteiger partial charge in [-0.3, -0.25) is 9.59 Å². The lowest BCUT2D eigenvalue weighted by atomic mass is 9.95. The van der Waals surface area contributed by atoms with E-state index in [2.05, 4.69) is 5.32 Å². The lowest BCUT2D eigenvalue weighted by Gasteiger charge is -2.44. The average Bonchev–Trinajstić information content (AvgIpc) is 3.15. The van der Waals surface area contributed by atoms with Crippen molar-refractivity contribution in [2.24, 2.45) is 0 Å². The summed E-state index contributed by atoms with van der Waals surface area (Å²) in [7, 11) is 0.